The smallest absolute Gasteiger partial charge is 0.265 e. The molecule has 0 N–H and O–H groups in total. The minimum Gasteiger partial charge on any atom is -0.482 e. The Balaban J connectivity index is 1.41. The largest absolute Gasteiger partial charge is 0.482 e. The van der Waals surface area contributed by atoms with Gasteiger partial charge in [0.05, 0.1) is 11.7 Å². The van der Waals surface area contributed by atoms with Gasteiger partial charge in [0.1, 0.15) is 12.3 Å². The summed E-state index contributed by atoms with van der Waals surface area (Å²) >= 11 is 3.41. The quantitative estimate of drug-likeness (QED) is 0.606. The molecule has 1 atom stereocenters. The lowest BCUT2D eigenvalue weighted by atomic mass is 10.2. The van der Waals surface area contributed by atoms with E-state index < -0.39 is 0 Å². The Hall–Kier alpha value is -2.94. The number of rotatable bonds is 3. The second-order valence-electron chi connectivity index (χ2n) is 7.11. The van der Waals surface area contributed by atoms with Crippen molar-refractivity contribution in [2.75, 3.05) is 24.6 Å². The fraction of sp³-hybridized carbons (Fsp3) is 0.300. The molecular weight excluding hydrogens is 438 g/mol. The van der Waals surface area contributed by atoms with Crippen LogP contribution in [0.5, 0.6) is 5.75 Å². The average Bonchev–Trinajstić information content (AvgIpc) is 3.36. The summed E-state index contributed by atoms with van der Waals surface area (Å²) in [6, 6.07) is 11.0. The Morgan fingerprint density at radius 2 is 2.14 bits per heavy atom. The number of pyridine rings is 1. The lowest BCUT2D eigenvalue weighted by Gasteiger charge is -2.31. The maximum absolute atomic E-state index is 13.2. The first-order chi connectivity index (χ1) is 14.1. The van der Waals surface area contributed by atoms with Crippen molar-refractivity contribution in [3.63, 3.8) is 0 Å². The molecule has 3 aromatic rings. The summed E-state index contributed by atoms with van der Waals surface area (Å²) in [4.78, 5) is 29.0. The number of nitrogens with zero attached hydrogens (tertiary/aromatic N) is 5. The van der Waals surface area contributed by atoms with E-state index in [2.05, 4.69) is 26.1 Å². The number of amides is 2. The van der Waals surface area contributed by atoms with Crippen LogP contribution in [0, 0.1) is 0 Å². The van der Waals surface area contributed by atoms with Crippen molar-refractivity contribution in [2.45, 2.75) is 18.9 Å². The lowest BCUT2D eigenvalue weighted by molar-refractivity contribution is -0.132. The van der Waals surface area contributed by atoms with Crippen LogP contribution < -0.4 is 9.64 Å². The van der Waals surface area contributed by atoms with Gasteiger partial charge in [0, 0.05) is 17.2 Å². The molecule has 0 radical (unpaired) electrons. The van der Waals surface area contributed by atoms with Crippen LogP contribution in [-0.4, -0.2) is 51.0 Å². The third-order valence-corrected chi connectivity index (χ3v) is 5.86. The monoisotopic (exact) mass is 455 g/mol. The topological polar surface area (TPSA) is 80.0 Å². The summed E-state index contributed by atoms with van der Waals surface area (Å²) in [6.07, 6.45) is 3.62. The second kappa shape index (κ2) is 7.14. The number of hydrogen-bond acceptors (Lipinski definition) is 5. The molecule has 4 heterocycles. The third-order valence-electron chi connectivity index (χ3n) is 5.37. The van der Waals surface area contributed by atoms with Gasteiger partial charge in [-0.1, -0.05) is 22.0 Å². The summed E-state index contributed by atoms with van der Waals surface area (Å²) in [5.41, 5.74) is 1.37. The van der Waals surface area contributed by atoms with E-state index in [9.17, 15) is 9.59 Å². The molecule has 29 heavy (non-hydrogen) atoms. The van der Waals surface area contributed by atoms with Gasteiger partial charge in [-0.3, -0.25) is 18.9 Å². The number of carbonyl (C=O) groups excluding carboxylic acids is 2. The normalized spacial score (nSPS) is 18.8. The van der Waals surface area contributed by atoms with Crippen LogP contribution in [-0.2, 0) is 9.59 Å². The van der Waals surface area contributed by atoms with Crippen LogP contribution in [0.4, 0.5) is 5.69 Å². The Labute approximate surface area is 175 Å². The molecule has 1 unspecified atom stereocenters. The highest BCUT2D eigenvalue weighted by Crippen LogP contribution is 2.36. The summed E-state index contributed by atoms with van der Waals surface area (Å²) in [5.74, 6) is 1.01. The highest BCUT2D eigenvalue weighted by molar-refractivity contribution is 9.10. The minimum atomic E-state index is -0.225. The lowest BCUT2D eigenvalue weighted by Crippen LogP contribution is -2.46. The number of fused-ring (bicyclic) bond motifs is 2. The van der Waals surface area contributed by atoms with E-state index >= 15 is 0 Å². The maximum atomic E-state index is 13.2. The predicted octanol–water partition coefficient (Wildman–Crippen LogP) is 2.58. The Morgan fingerprint density at radius 1 is 1.24 bits per heavy atom. The van der Waals surface area contributed by atoms with Crippen LogP contribution in [0.1, 0.15) is 24.7 Å². The molecule has 0 bridgehead atoms. The zero-order valence-corrected chi connectivity index (χ0v) is 17.1. The molecule has 0 spiro atoms. The third kappa shape index (κ3) is 3.15. The molecule has 1 saturated heterocycles. The van der Waals surface area contributed by atoms with Crippen molar-refractivity contribution >= 4 is 39.1 Å². The molecule has 9 heteroatoms. The second-order valence-corrected chi connectivity index (χ2v) is 8.03. The first-order valence-electron chi connectivity index (χ1n) is 9.43. The molecule has 2 aliphatic heterocycles. The predicted molar refractivity (Wildman–Crippen MR) is 109 cm³/mol. The van der Waals surface area contributed by atoms with Gasteiger partial charge in [-0.25, -0.2) is 0 Å². The van der Waals surface area contributed by atoms with Crippen LogP contribution in [0.2, 0.25) is 0 Å². The number of hydrogen-bond donors (Lipinski definition) is 0. The molecule has 0 saturated carbocycles. The SMILES string of the molecule is O=C1COc2cc(Br)ccc2N1CC(=O)N1CCCC1c1nnc2ccccn12. The Kier molecular flexibility index (Phi) is 4.46. The maximum Gasteiger partial charge on any atom is 0.265 e. The van der Waals surface area contributed by atoms with Gasteiger partial charge in [0.15, 0.2) is 18.1 Å². The standard InChI is InChI=1S/C20H18BrN5O3/c21-13-6-7-14-16(10-13)29-12-19(28)26(14)11-18(27)24-9-3-4-15(24)20-23-22-17-5-1-2-8-25(17)20/h1-2,5-8,10,15H,3-4,9,11-12H2. The van der Waals surface area contributed by atoms with Crippen molar-refractivity contribution in [2.24, 2.45) is 0 Å². The van der Waals surface area contributed by atoms with E-state index in [0.717, 1.165) is 28.8 Å². The Bertz CT molecular complexity index is 1110. The van der Waals surface area contributed by atoms with Gasteiger partial charge in [-0.15, -0.1) is 10.2 Å². The van der Waals surface area contributed by atoms with Crippen molar-refractivity contribution in [1.82, 2.24) is 19.5 Å². The average molecular weight is 456 g/mol. The van der Waals surface area contributed by atoms with Crippen LogP contribution in [0.15, 0.2) is 47.1 Å². The van der Waals surface area contributed by atoms with Crippen LogP contribution >= 0.6 is 15.9 Å². The number of aromatic nitrogens is 3. The summed E-state index contributed by atoms with van der Waals surface area (Å²) in [7, 11) is 0. The highest BCUT2D eigenvalue weighted by Gasteiger charge is 2.36. The van der Waals surface area contributed by atoms with Crippen molar-refractivity contribution in [1.29, 1.82) is 0 Å². The van der Waals surface area contributed by atoms with E-state index in [4.69, 9.17) is 4.74 Å². The molecule has 0 aliphatic carbocycles. The zero-order valence-electron chi connectivity index (χ0n) is 15.5. The summed E-state index contributed by atoms with van der Waals surface area (Å²) < 4.78 is 8.29. The fourth-order valence-electron chi connectivity index (χ4n) is 4.00. The molecule has 2 amide bonds. The number of halogens is 1. The molecular formula is C20H18BrN5O3. The van der Waals surface area contributed by atoms with Crippen molar-refractivity contribution in [3.05, 3.63) is 52.9 Å². The van der Waals surface area contributed by atoms with Crippen molar-refractivity contribution < 1.29 is 14.3 Å². The minimum absolute atomic E-state index is 0.0237. The molecule has 5 rings (SSSR count). The molecule has 1 aromatic carbocycles. The van der Waals surface area contributed by atoms with E-state index in [1.165, 1.54) is 4.90 Å². The number of benzene rings is 1. The van der Waals surface area contributed by atoms with Gasteiger partial charge in [-0.2, -0.15) is 0 Å². The van der Waals surface area contributed by atoms with Gasteiger partial charge >= 0.3 is 0 Å². The van der Waals surface area contributed by atoms with Gasteiger partial charge in [0.2, 0.25) is 5.91 Å². The summed E-state index contributed by atoms with van der Waals surface area (Å²) in [5, 5.41) is 8.54. The number of likely N-dealkylation sites (tertiary alicyclic amines) is 1. The first kappa shape index (κ1) is 18.1. The molecule has 1 fully saturated rings. The van der Waals surface area contributed by atoms with Crippen LogP contribution in [0.3, 0.4) is 0 Å². The first-order valence-corrected chi connectivity index (χ1v) is 10.2. The Morgan fingerprint density at radius 3 is 3.03 bits per heavy atom. The van der Waals surface area contributed by atoms with E-state index in [1.54, 1.807) is 12.1 Å². The molecule has 148 valence electrons. The van der Waals surface area contributed by atoms with Gasteiger partial charge in [-0.05, 0) is 43.2 Å². The summed E-state index contributed by atoms with van der Waals surface area (Å²) in [6.45, 7) is 0.538. The fourth-order valence-corrected chi connectivity index (χ4v) is 4.34. The van der Waals surface area contributed by atoms with Crippen molar-refractivity contribution in [3.8, 4) is 5.75 Å². The molecule has 8 nitrogen and oxygen atoms in total. The van der Waals surface area contributed by atoms with E-state index in [-0.39, 0.29) is 31.0 Å². The highest BCUT2D eigenvalue weighted by atomic mass is 79.9. The van der Waals surface area contributed by atoms with Gasteiger partial charge < -0.3 is 9.64 Å². The van der Waals surface area contributed by atoms with Gasteiger partial charge in [0.25, 0.3) is 5.91 Å². The molecule has 2 aliphatic rings. The van der Waals surface area contributed by atoms with E-state index in [0.29, 0.717) is 18.0 Å². The number of ether oxygens (including phenoxy) is 1. The zero-order chi connectivity index (χ0) is 20.0. The van der Waals surface area contributed by atoms with E-state index in [1.807, 2.05) is 39.8 Å². The van der Waals surface area contributed by atoms with Crippen LogP contribution in [0.25, 0.3) is 5.65 Å². The molecule has 2 aromatic heterocycles. The number of anilines is 1. The number of carbonyl (C=O) groups is 2.